The molecular weight excluding hydrogens is 408 g/mol. The van der Waals surface area contributed by atoms with E-state index in [1.54, 1.807) is 7.11 Å². The number of hydrogen-bond donors (Lipinski definition) is 1. The summed E-state index contributed by atoms with van der Waals surface area (Å²) in [4.78, 5) is 10.3. The molecule has 2 heterocycles. The van der Waals surface area contributed by atoms with Crippen molar-refractivity contribution in [3.8, 4) is 5.75 Å². The minimum atomic E-state index is 0.659. The fourth-order valence-corrected chi connectivity index (χ4v) is 7.39. The molecule has 5 fully saturated rings. The number of hydrogen-bond acceptors (Lipinski definition) is 5. The molecule has 1 aromatic heterocycles. The zero-order chi connectivity index (χ0) is 22.4. The topological polar surface area (TPSA) is 40.6 Å². The van der Waals surface area contributed by atoms with E-state index in [1.165, 1.54) is 49.0 Å². The smallest absolute Gasteiger partial charge is 0.128 e. The first kappa shape index (κ1) is 21.3. The van der Waals surface area contributed by atoms with Crippen LogP contribution in [0.2, 0.25) is 0 Å². The molecule has 7 rings (SSSR count). The Morgan fingerprint density at radius 2 is 1.58 bits per heavy atom. The van der Waals surface area contributed by atoms with Gasteiger partial charge in [-0.25, -0.2) is 4.98 Å². The first-order valence-electron chi connectivity index (χ1n) is 13.0. The zero-order valence-corrected chi connectivity index (χ0v) is 20.2. The number of rotatable bonds is 6. The molecule has 1 aliphatic heterocycles. The van der Waals surface area contributed by atoms with Gasteiger partial charge in [0.05, 0.1) is 7.11 Å². The van der Waals surface area contributed by atoms with Crippen molar-refractivity contribution < 1.29 is 4.74 Å². The summed E-state index contributed by atoms with van der Waals surface area (Å²) in [6, 6.07) is 13.1. The number of piperazine rings is 1. The predicted octanol–water partition coefficient (Wildman–Crippen LogP) is 4.99. The average Bonchev–Trinajstić information content (AvgIpc) is 2.83. The molecule has 1 N–H and O–H groups in total. The molecule has 0 amide bonds. The summed E-state index contributed by atoms with van der Waals surface area (Å²) in [5.41, 5.74) is 3.97. The van der Waals surface area contributed by atoms with Crippen molar-refractivity contribution in [2.75, 3.05) is 50.6 Å². The number of aromatic nitrogens is 1. The van der Waals surface area contributed by atoms with Crippen molar-refractivity contribution in [1.82, 2.24) is 9.88 Å². The number of benzene rings is 1. The van der Waals surface area contributed by atoms with Crippen molar-refractivity contribution in [3.05, 3.63) is 47.7 Å². The molecule has 176 valence electrons. The third-order valence-corrected chi connectivity index (χ3v) is 8.90. The molecule has 0 spiro atoms. The molecule has 5 nitrogen and oxygen atoms in total. The number of anilines is 2. The SMILES string of the molecule is COc1ccc(CNc2cc(N3CCN(C)CC3)cc(C3C4CC5CC(C4)CC3C5)n2)cc1. The van der Waals surface area contributed by atoms with Crippen LogP contribution in [0.4, 0.5) is 11.5 Å². The maximum atomic E-state index is 5.31. The molecule has 0 atom stereocenters. The van der Waals surface area contributed by atoms with Crippen molar-refractivity contribution in [2.24, 2.45) is 23.7 Å². The lowest BCUT2D eigenvalue weighted by atomic mass is 9.51. The van der Waals surface area contributed by atoms with Crippen molar-refractivity contribution >= 4 is 11.5 Å². The van der Waals surface area contributed by atoms with Gasteiger partial charge in [-0.15, -0.1) is 0 Å². The molecule has 4 bridgehead atoms. The lowest BCUT2D eigenvalue weighted by Crippen LogP contribution is -2.45. The number of pyridine rings is 1. The Morgan fingerprint density at radius 1 is 0.909 bits per heavy atom. The molecular formula is C28H38N4O. The standard InChI is InChI=1S/C28H38N4O/c1-31-7-9-32(10-8-31)24-16-26(28-22-12-20-11-21(14-22)15-23(28)13-20)30-27(17-24)29-18-19-3-5-25(33-2)6-4-19/h3-6,16-17,20-23,28H,7-15,18H2,1-2H3,(H,29,30). The van der Waals surface area contributed by atoms with E-state index in [0.717, 1.165) is 68.0 Å². The second-order valence-electron chi connectivity index (χ2n) is 11.1. The maximum Gasteiger partial charge on any atom is 0.128 e. The monoisotopic (exact) mass is 446 g/mol. The van der Waals surface area contributed by atoms with Gasteiger partial charge in [-0.05, 0) is 86.6 Å². The maximum absolute atomic E-state index is 5.31. The molecule has 4 aliphatic carbocycles. The van der Waals surface area contributed by atoms with E-state index >= 15 is 0 Å². The third-order valence-electron chi connectivity index (χ3n) is 8.90. The van der Waals surface area contributed by atoms with Crippen LogP contribution in [0.1, 0.15) is 49.3 Å². The summed E-state index contributed by atoms with van der Waals surface area (Å²) >= 11 is 0. The van der Waals surface area contributed by atoms with Gasteiger partial charge in [-0.1, -0.05) is 12.1 Å². The van der Waals surface area contributed by atoms with Gasteiger partial charge in [0.2, 0.25) is 0 Å². The predicted molar refractivity (Wildman–Crippen MR) is 134 cm³/mol. The minimum absolute atomic E-state index is 0.659. The molecule has 5 heteroatoms. The van der Waals surface area contributed by atoms with Gasteiger partial charge in [0.15, 0.2) is 0 Å². The number of likely N-dealkylation sites (N-methyl/N-ethyl adjacent to an activating group) is 1. The molecule has 5 aliphatic rings. The Balaban J connectivity index is 1.27. The van der Waals surface area contributed by atoms with Gasteiger partial charge in [-0.3, -0.25) is 0 Å². The molecule has 0 unspecified atom stereocenters. The molecule has 2 aromatic rings. The van der Waals surface area contributed by atoms with Crippen LogP contribution in [0, 0.1) is 23.7 Å². The summed E-state index contributed by atoms with van der Waals surface area (Å²) < 4.78 is 5.31. The van der Waals surface area contributed by atoms with Gasteiger partial charge in [0, 0.05) is 56.1 Å². The first-order chi connectivity index (χ1) is 16.1. The summed E-state index contributed by atoms with van der Waals surface area (Å²) in [5, 5.41) is 3.66. The largest absolute Gasteiger partial charge is 0.497 e. The molecule has 4 saturated carbocycles. The van der Waals surface area contributed by atoms with Crippen molar-refractivity contribution in [1.29, 1.82) is 0 Å². The van der Waals surface area contributed by atoms with Gasteiger partial charge < -0.3 is 19.9 Å². The minimum Gasteiger partial charge on any atom is -0.497 e. The quantitative estimate of drug-likeness (QED) is 0.677. The fourth-order valence-electron chi connectivity index (χ4n) is 7.39. The van der Waals surface area contributed by atoms with Crippen molar-refractivity contribution in [2.45, 2.75) is 44.6 Å². The highest BCUT2D eigenvalue weighted by Crippen LogP contribution is 2.59. The number of methoxy groups -OCH3 is 1. The second-order valence-corrected chi connectivity index (χ2v) is 11.1. The molecule has 1 aromatic carbocycles. The zero-order valence-electron chi connectivity index (χ0n) is 20.2. The van der Waals surface area contributed by atoms with E-state index in [-0.39, 0.29) is 0 Å². The van der Waals surface area contributed by atoms with Gasteiger partial charge >= 0.3 is 0 Å². The Morgan fingerprint density at radius 3 is 2.21 bits per heavy atom. The van der Waals surface area contributed by atoms with E-state index < -0.39 is 0 Å². The van der Waals surface area contributed by atoms with Gasteiger partial charge in [-0.2, -0.15) is 0 Å². The van der Waals surface area contributed by atoms with Crippen LogP contribution in [0.5, 0.6) is 5.75 Å². The van der Waals surface area contributed by atoms with Gasteiger partial charge in [0.1, 0.15) is 11.6 Å². The van der Waals surface area contributed by atoms with E-state index in [9.17, 15) is 0 Å². The molecule has 0 radical (unpaired) electrons. The Hall–Kier alpha value is -2.27. The van der Waals surface area contributed by atoms with Crippen LogP contribution in [-0.2, 0) is 6.54 Å². The van der Waals surface area contributed by atoms with Crippen LogP contribution in [0.25, 0.3) is 0 Å². The Bertz CT molecular complexity index is 938. The number of nitrogens with zero attached hydrogens (tertiary/aromatic N) is 3. The molecule has 33 heavy (non-hydrogen) atoms. The molecule has 1 saturated heterocycles. The van der Waals surface area contributed by atoms with Crippen LogP contribution >= 0.6 is 0 Å². The summed E-state index contributed by atoms with van der Waals surface area (Å²) in [5.74, 6) is 6.29. The normalized spacial score (nSPS) is 31.1. The van der Waals surface area contributed by atoms with E-state index in [2.05, 4.69) is 46.4 Å². The average molecular weight is 447 g/mol. The summed E-state index contributed by atoms with van der Waals surface area (Å²) in [6.45, 7) is 5.23. The first-order valence-corrected chi connectivity index (χ1v) is 13.0. The van der Waals surface area contributed by atoms with Crippen LogP contribution in [-0.4, -0.2) is 50.2 Å². The highest BCUT2D eigenvalue weighted by atomic mass is 16.5. The van der Waals surface area contributed by atoms with Crippen LogP contribution in [0.15, 0.2) is 36.4 Å². The number of nitrogens with one attached hydrogen (secondary N) is 1. The second kappa shape index (κ2) is 8.83. The fraction of sp³-hybridized carbons (Fsp3) is 0.607. The van der Waals surface area contributed by atoms with E-state index in [1.807, 2.05) is 12.1 Å². The highest BCUT2D eigenvalue weighted by Gasteiger charge is 2.49. The summed E-state index contributed by atoms with van der Waals surface area (Å²) in [6.07, 6.45) is 7.25. The third kappa shape index (κ3) is 4.32. The summed E-state index contributed by atoms with van der Waals surface area (Å²) in [7, 11) is 3.94. The highest BCUT2D eigenvalue weighted by molar-refractivity contribution is 5.57. The Kier molecular flexibility index (Phi) is 5.69. The lowest BCUT2D eigenvalue weighted by molar-refractivity contribution is -0.00409. The number of ether oxygens (including phenoxy) is 1. The van der Waals surface area contributed by atoms with Gasteiger partial charge in [0.25, 0.3) is 0 Å². The van der Waals surface area contributed by atoms with E-state index in [4.69, 9.17) is 9.72 Å². The Labute approximate surface area is 198 Å². The van der Waals surface area contributed by atoms with Crippen molar-refractivity contribution in [3.63, 3.8) is 0 Å². The van der Waals surface area contributed by atoms with Crippen LogP contribution in [0.3, 0.4) is 0 Å². The van der Waals surface area contributed by atoms with Crippen LogP contribution < -0.4 is 15.0 Å². The van der Waals surface area contributed by atoms with E-state index in [0.29, 0.717) is 5.92 Å². The lowest BCUT2D eigenvalue weighted by Gasteiger charge is -2.54.